The second-order valence-corrected chi connectivity index (χ2v) is 18.8. The molecule has 13 aromatic rings. The molecule has 1 aliphatic rings. The average molecular weight is 1030 g/mol. The fourth-order valence-electron chi connectivity index (χ4n) is 9.80. The van der Waals surface area contributed by atoms with Crippen molar-refractivity contribution in [2.24, 2.45) is 0 Å². The summed E-state index contributed by atoms with van der Waals surface area (Å²) in [7, 11) is 0. The largest absolute Gasteiger partial charge is 0.456 e. The summed E-state index contributed by atoms with van der Waals surface area (Å²) < 4.78 is 13.8. The van der Waals surface area contributed by atoms with Crippen LogP contribution in [0.5, 0.6) is 0 Å². The molecule has 14 rings (SSSR count). The molecule has 7 heteroatoms. The minimum atomic E-state index is 0. The zero-order valence-electron chi connectivity index (χ0n) is 36.4. The van der Waals surface area contributed by atoms with Crippen molar-refractivity contribution in [2.45, 2.75) is 5.92 Å². The van der Waals surface area contributed by atoms with Gasteiger partial charge in [-0.25, -0.2) is 0 Å². The standard InChI is InChI=1S/C31H19ClO.C18H10ClNO.C12H9I.B/c32-26-18-25-22-10-6-7-13-27(22)33-31(25)30-28(23-11-4-5-12-24(23)29(26)30)21-16-14-20(15-17-21)19-8-2-1-3-9-19;19-13-9-12-10-5-2-4-8-15(10)21-18(12)17-16(13)11-6-1-3-7-14(11)20-17;13-12-8-6-11(7-9-12)10-4-2-1-3-5-10;/h1-18,28H;1-9,20H;1-9H;. The highest BCUT2D eigenvalue weighted by Crippen LogP contribution is 2.54. The van der Waals surface area contributed by atoms with Gasteiger partial charge in [0.2, 0.25) is 0 Å². The van der Waals surface area contributed by atoms with E-state index in [2.05, 4.69) is 179 Å². The average Bonchev–Trinajstić information content (AvgIpc) is 4.15. The Bertz CT molecular complexity index is 3960. The Morgan fingerprint density at radius 3 is 1.57 bits per heavy atom. The molecule has 1 atom stereocenters. The van der Waals surface area contributed by atoms with E-state index < -0.39 is 0 Å². The minimum Gasteiger partial charge on any atom is -0.456 e. The van der Waals surface area contributed by atoms with Gasteiger partial charge in [0.25, 0.3) is 0 Å². The summed E-state index contributed by atoms with van der Waals surface area (Å²) >= 11 is 15.8. The molecule has 323 valence electrons. The number of rotatable bonds is 3. The maximum absolute atomic E-state index is 6.95. The maximum atomic E-state index is 6.95. The fourth-order valence-corrected chi connectivity index (χ4v) is 10.8. The van der Waals surface area contributed by atoms with Crippen LogP contribution in [-0.2, 0) is 0 Å². The highest BCUT2D eigenvalue weighted by Gasteiger charge is 2.35. The molecule has 0 amide bonds. The van der Waals surface area contributed by atoms with E-state index in [9.17, 15) is 0 Å². The lowest BCUT2D eigenvalue weighted by Crippen LogP contribution is -1.99. The lowest BCUT2D eigenvalue weighted by atomic mass is 9.87. The molecule has 0 saturated heterocycles. The van der Waals surface area contributed by atoms with Crippen LogP contribution in [0.4, 0.5) is 0 Å². The number of para-hydroxylation sites is 3. The highest BCUT2D eigenvalue weighted by atomic mass is 127. The van der Waals surface area contributed by atoms with E-state index in [4.69, 9.17) is 32.0 Å². The lowest BCUT2D eigenvalue weighted by molar-refractivity contribution is 0.662. The van der Waals surface area contributed by atoms with Gasteiger partial charge < -0.3 is 13.8 Å². The van der Waals surface area contributed by atoms with Crippen molar-refractivity contribution in [2.75, 3.05) is 0 Å². The monoisotopic (exact) mass is 1020 g/mol. The molecule has 1 N–H and O–H groups in total. The molecule has 3 heterocycles. The summed E-state index contributed by atoms with van der Waals surface area (Å²) in [5, 5.41) is 8.00. The molecule has 3 radical (unpaired) electrons. The Morgan fingerprint density at radius 1 is 0.441 bits per heavy atom. The van der Waals surface area contributed by atoms with E-state index in [0.29, 0.717) is 0 Å². The van der Waals surface area contributed by atoms with Crippen LogP contribution in [-0.4, -0.2) is 13.4 Å². The second-order valence-electron chi connectivity index (χ2n) is 16.8. The summed E-state index contributed by atoms with van der Waals surface area (Å²) in [5.74, 6) is 0.0720. The Balaban J connectivity index is 0.000000124. The number of benzene rings is 10. The van der Waals surface area contributed by atoms with Crippen LogP contribution in [0.2, 0.25) is 10.0 Å². The van der Waals surface area contributed by atoms with Crippen molar-refractivity contribution in [1.82, 2.24) is 4.98 Å². The lowest BCUT2D eigenvalue weighted by Gasteiger charge is -2.15. The van der Waals surface area contributed by atoms with Crippen LogP contribution in [0.3, 0.4) is 0 Å². The van der Waals surface area contributed by atoms with E-state index in [1.54, 1.807) is 0 Å². The zero-order chi connectivity index (χ0) is 45.0. The van der Waals surface area contributed by atoms with Crippen molar-refractivity contribution in [3.05, 3.63) is 249 Å². The fraction of sp³-hybridized carbons (Fsp3) is 0.0164. The highest BCUT2D eigenvalue weighted by molar-refractivity contribution is 14.1. The van der Waals surface area contributed by atoms with Gasteiger partial charge in [0.1, 0.15) is 16.7 Å². The Morgan fingerprint density at radius 2 is 0.926 bits per heavy atom. The molecule has 1 unspecified atom stereocenters. The van der Waals surface area contributed by atoms with E-state index in [1.807, 2.05) is 66.7 Å². The van der Waals surface area contributed by atoms with Gasteiger partial charge in [-0.05, 0) is 104 Å². The molecule has 1 aliphatic carbocycles. The van der Waals surface area contributed by atoms with Gasteiger partial charge in [0, 0.05) is 71.9 Å². The van der Waals surface area contributed by atoms with Crippen LogP contribution in [0.15, 0.2) is 227 Å². The SMILES string of the molecule is Clc1cc2c(oc3ccccc32)c2c1-c1ccccc1C2c1ccc(-c2ccccc2)cc1.Clc1cc2c3ccccc3oc2c2[nH]c3ccccc3c12.Ic1ccc(-c2ccccc2)cc1.[B]. The van der Waals surface area contributed by atoms with Crippen molar-refractivity contribution >= 4 is 120 Å². The van der Waals surface area contributed by atoms with Crippen LogP contribution in [0.25, 0.3) is 99.1 Å². The van der Waals surface area contributed by atoms with Crippen molar-refractivity contribution in [3.8, 4) is 33.4 Å². The summed E-state index contributed by atoms with van der Waals surface area (Å²) in [6.45, 7) is 0. The van der Waals surface area contributed by atoms with E-state index in [-0.39, 0.29) is 14.3 Å². The van der Waals surface area contributed by atoms with Gasteiger partial charge in [0.15, 0.2) is 5.58 Å². The number of hydrogen-bond acceptors (Lipinski definition) is 2. The summed E-state index contributed by atoms with van der Waals surface area (Å²) in [6.07, 6.45) is 0. The van der Waals surface area contributed by atoms with Gasteiger partial charge in [-0.3, -0.25) is 0 Å². The predicted molar refractivity (Wildman–Crippen MR) is 295 cm³/mol. The molecule has 0 spiro atoms. The first-order valence-electron chi connectivity index (χ1n) is 22.2. The molecular formula is C61H38BCl2INO2. The summed E-state index contributed by atoms with van der Waals surface area (Å²) in [4.78, 5) is 3.44. The Kier molecular flexibility index (Phi) is 11.7. The second kappa shape index (κ2) is 18.2. The third-order valence-corrected chi connectivity index (χ3v) is 14.2. The third kappa shape index (κ3) is 7.65. The topological polar surface area (TPSA) is 42.1 Å². The van der Waals surface area contributed by atoms with Crippen LogP contribution in [0, 0.1) is 3.57 Å². The quantitative estimate of drug-likeness (QED) is 0.142. The summed E-state index contributed by atoms with van der Waals surface area (Å²) in [5.41, 5.74) is 16.6. The Hall–Kier alpha value is -7.03. The van der Waals surface area contributed by atoms with Gasteiger partial charge in [-0.2, -0.15) is 0 Å². The van der Waals surface area contributed by atoms with Gasteiger partial charge in [-0.1, -0.05) is 199 Å². The molecule has 0 saturated carbocycles. The van der Waals surface area contributed by atoms with E-state index in [1.165, 1.54) is 48.1 Å². The number of H-pyrrole nitrogens is 1. The normalized spacial score (nSPS) is 12.7. The molecule has 0 fully saturated rings. The number of nitrogens with one attached hydrogen (secondary N) is 1. The van der Waals surface area contributed by atoms with Crippen molar-refractivity contribution in [3.63, 3.8) is 0 Å². The predicted octanol–water partition coefficient (Wildman–Crippen LogP) is 18.5. The molecular weight excluding hydrogens is 987 g/mol. The molecule has 10 aromatic carbocycles. The Labute approximate surface area is 418 Å². The first-order chi connectivity index (χ1) is 33.0. The first kappa shape index (κ1) is 43.5. The molecule has 0 bridgehead atoms. The van der Waals surface area contributed by atoms with Gasteiger partial charge in [0.05, 0.1) is 10.5 Å². The number of aromatic amines is 1. The van der Waals surface area contributed by atoms with Gasteiger partial charge in [-0.15, -0.1) is 0 Å². The smallest absolute Gasteiger partial charge is 0.159 e. The molecule has 0 aliphatic heterocycles. The number of aromatic nitrogens is 1. The van der Waals surface area contributed by atoms with E-state index >= 15 is 0 Å². The number of furan rings is 2. The van der Waals surface area contributed by atoms with E-state index in [0.717, 1.165) is 81.3 Å². The number of halogens is 3. The number of hydrogen-bond donors (Lipinski definition) is 1. The first-order valence-corrected chi connectivity index (χ1v) is 24.0. The molecule has 3 aromatic heterocycles. The van der Waals surface area contributed by atoms with Crippen LogP contribution in [0.1, 0.15) is 22.6 Å². The summed E-state index contributed by atoms with van der Waals surface area (Å²) in [6, 6.07) is 75.5. The minimum absolute atomic E-state index is 0. The molecule has 3 nitrogen and oxygen atoms in total. The van der Waals surface area contributed by atoms with Crippen LogP contribution >= 0.6 is 45.8 Å². The maximum Gasteiger partial charge on any atom is 0.159 e. The third-order valence-electron chi connectivity index (χ3n) is 12.9. The molecule has 68 heavy (non-hydrogen) atoms. The number of fused-ring (bicyclic) bond motifs is 14. The van der Waals surface area contributed by atoms with Crippen molar-refractivity contribution in [1.29, 1.82) is 0 Å². The van der Waals surface area contributed by atoms with Crippen molar-refractivity contribution < 1.29 is 8.83 Å². The van der Waals surface area contributed by atoms with Gasteiger partial charge >= 0.3 is 0 Å². The zero-order valence-corrected chi connectivity index (χ0v) is 40.1. The van der Waals surface area contributed by atoms with Crippen LogP contribution < -0.4 is 0 Å².